The Morgan fingerprint density at radius 3 is 2.35 bits per heavy atom. The van der Waals surface area contributed by atoms with Gasteiger partial charge in [0.1, 0.15) is 0 Å². The lowest BCUT2D eigenvalue weighted by atomic mass is 10.1. The first kappa shape index (κ1) is 17.4. The third-order valence-electron chi connectivity index (χ3n) is 3.78. The minimum absolute atomic E-state index is 0.0176. The van der Waals surface area contributed by atoms with Gasteiger partial charge in [0.15, 0.2) is 0 Å². The molecule has 0 saturated heterocycles. The van der Waals surface area contributed by atoms with E-state index in [0.717, 1.165) is 11.4 Å². The molecule has 23 heavy (non-hydrogen) atoms. The number of amides is 1. The summed E-state index contributed by atoms with van der Waals surface area (Å²) in [6.45, 7) is 4.90. The van der Waals surface area contributed by atoms with Crippen LogP contribution in [0.25, 0.3) is 0 Å². The lowest BCUT2D eigenvalue weighted by molar-refractivity contribution is 0.0956. The Morgan fingerprint density at radius 1 is 1.04 bits per heavy atom. The molecule has 0 fully saturated rings. The maximum Gasteiger partial charge on any atom is 0.251 e. The van der Waals surface area contributed by atoms with Crippen molar-refractivity contribution in [1.82, 2.24) is 5.32 Å². The number of carbonyl (C=O) groups excluding carboxylic acids is 1. The van der Waals surface area contributed by atoms with Gasteiger partial charge >= 0.3 is 0 Å². The van der Waals surface area contributed by atoms with Crippen LogP contribution in [0, 0.1) is 13.8 Å². The first-order chi connectivity index (χ1) is 11.0. The topological polar surface area (TPSA) is 32.3 Å². The van der Waals surface area contributed by atoms with Gasteiger partial charge in [0.25, 0.3) is 5.91 Å². The van der Waals surface area contributed by atoms with E-state index in [1.165, 1.54) is 16.0 Å². The van der Waals surface area contributed by atoms with Gasteiger partial charge in [-0.2, -0.15) is 0 Å². The third-order valence-corrected chi connectivity index (χ3v) is 4.78. The van der Waals surface area contributed by atoms with Crippen LogP contribution in [0.1, 0.15) is 21.5 Å². The van der Waals surface area contributed by atoms with Crippen molar-refractivity contribution in [3.05, 3.63) is 59.2 Å². The highest BCUT2D eigenvalue weighted by atomic mass is 32.2. The summed E-state index contributed by atoms with van der Waals surface area (Å²) in [4.78, 5) is 15.4. The lowest BCUT2D eigenvalue weighted by Gasteiger charge is -2.12. The number of thioether (sulfide) groups is 1. The summed E-state index contributed by atoms with van der Waals surface area (Å²) < 4.78 is 0. The van der Waals surface area contributed by atoms with E-state index < -0.39 is 0 Å². The number of carbonyl (C=O) groups is 1. The Labute approximate surface area is 143 Å². The SMILES string of the molecule is Cc1ccc(SCCNC(=O)c2ccc(N(C)C)cc2)cc1C. The van der Waals surface area contributed by atoms with E-state index in [2.05, 4.69) is 37.4 Å². The summed E-state index contributed by atoms with van der Waals surface area (Å²) in [6, 6.07) is 14.1. The molecule has 122 valence electrons. The fourth-order valence-electron chi connectivity index (χ4n) is 2.15. The zero-order chi connectivity index (χ0) is 16.8. The van der Waals surface area contributed by atoms with E-state index in [9.17, 15) is 4.79 Å². The maximum atomic E-state index is 12.1. The summed E-state index contributed by atoms with van der Waals surface area (Å²) in [5.41, 5.74) is 4.41. The molecule has 0 aromatic heterocycles. The van der Waals surface area contributed by atoms with E-state index in [4.69, 9.17) is 0 Å². The first-order valence-electron chi connectivity index (χ1n) is 7.73. The van der Waals surface area contributed by atoms with Gasteiger partial charge in [0.05, 0.1) is 0 Å². The highest BCUT2D eigenvalue weighted by Gasteiger charge is 2.05. The molecule has 2 aromatic carbocycles. The van der Waals surface area contributed by atoms with Gasteiger partial charge in [-0.3, -0.25) is 4.79 Å². The molecule has 0 aliphatic heterocycles. The molecule has 4 heteroatoms. The highest BCUT2D eigenvalue weighted by Crippen LogP contribution is 2.20. The second-order valence-corrected chi connectivity index (χ2v) is 6.96. The number of aryl methyl sites for hydroxylation is 2. The zero-order valence-corrected chi connectivity index (χ0v) is 15.0. The number of rotatable bonds is 6. The molecule has 0 unspecified atom stereocenters. The van der Waals surface area contributed by atoms with Crippen LogP contribution in [0.5, 0.6) is 0 Å². The molecule has 1 amide bonds. The summed E-state index contributed by atoms with van der Waals surface area (Å²) in [5, 5.41) is 2.97. The molecule has 0 atom stereocenters. The minimum atomic E-state index is -0.0176. The van der Waals surface area contributed by atoms with Crippen LogP contribution in [-0.4, -0.2) is 32.3 Å². The fourth-order valence-corrected chi connectivity index (χ4v) is 3.01. The Morgan fingerprint density at radius 2 is 1.74 bits per heavy atom. The van der Waals surface area contributed by atoms with Crippen molar-refractivity contribution in [2.45, 2.75) is 18.7 Å². The van der Waals surface area contributed by atoms with E-state index in [1.807, 2.05) is 43.3 Å². The molecule has 0 spiro atoms. The average Bonchev–Trinajstić information content (AvgIpc) is 2.54. The highest BCUT2D eigenvalue weighted by molar-refractivity contribution is 7.99. The van der Waals surface area contributed by atoms with Crippen LogP contribution >= 0.6 is 11.8 Å². The van der Waals surface area contributed by atoms with Crippen molar-refractivity contribution in [1.29, 1.82) is 0 Å². The quantitative estimate of drug-likeness (QED) is 0.645. The second-order valence-electron chi connectivity index (χ2n) is 5.79. The molecule has 0 saturated carbocycles. The van der Waals surface area contributed by atoms with Crippen molar-refractivity contribution in [3.63, 3.8) is 0 Å². The first-order valence-corrected chi connectivity index (χ1v) is 8.71. The van der Waals surface area contributed by atoms with E-state index in [1.54, 1.807) is 11.8 Å². The minimum Gasteiger partial charge on any atom is -0.378 e. The maximum absolute atomic E-state index is 12.1. The largest absolute Gasteiger partial charge is 0.378 e. The van der Waals surface area contributed by atoms with Crippen LogP contribution in [-0.2, 0) is 0 Å². The lowest BCUT2D eigenvalue weighted by Crippen LogP contribution is -2.25. The standard InChI is InChI=1S/C19H24N2OS/c1-14-5-10-18(13-15(14)2)23-12-11-20-19(22)16-6-8-17(9-7-16)21(3)4/h5-10,13H,11-12H2,1-4H3,(H,20,22). The number of anilines is 1. The molecule has 0 aliphatic carbocycles. The van der Waals surface area contributed by atoms with Gasteiger partial charge in [-0.15, -0.1) is 11.8 Å². The van der Waals surface area contributed by atoms with Crippen molar-refractivity contribution in [2.24, 2.45) is 0 Å². The van der Waals surface area contributed by atoms with Crippen LogP contribution in [0.2, 0.25) is 0 Å². The van der Waals surface area contributed by atoms with Gasteiger partial charge < -0.3 is 10.2 Å². The molecule has 0 aliphatic rings. The molecule has 0 bridgehead atoms. The third kappa shape index (κ3) is 5.03. The number of hydrogen-bond donors (Lipinski definition) is 1. The van der Waals surface area contributed by atoms with Gasteiger partial charge in [-0.1, -0.05) is 6.07 Å². The fraction of sp³-hybridized carbons (Fsp3) is 0.316. The number of hydrogen-bond acceptors (Lipinski definition) is 3. The van der Waals surface area contributed by atoms with Gasteiger partial charge in [-0.05, 0) is 61.4 Å². The average molecular weight is 328 g/mol. The van der Waals surface area contributed by atoms with Gasteiger partial charge in [0.2, 0.25) is 0 Å². The molecule has 3 nitrogen and oxygen atoms in total. The second kappa shape index (κ2) is 8.06. The Kier molecular flexibility index (Phi) is 6.11. The molecular formula is C19H24N2OS. The Bertz CT molecular complexity index is 666. The van der Waals surface area contributed by atoms with E-state index in [0.29, 0.717) is 12.1 Å². The number of benzene rings is 2. The van der Waals surface area contributed by atoms with Crippen molar-refractivity contribution < 1.29 is 4.79 Å². The summed E-state index contributed by atoms with van der Waals surface area (Å²) in [6.07, 6.45) is 0. The van der Waals surface area contributed by atoms with Crippen LogP contribution in [0.15, 0.2) is 47.4 Å². The van der Waals surface area contributed by atoms with Crippen LogP contribution in [0.3, 0.4) is 0 Å². The normalized spacial score (nSPS) is 10.4. The van der Waals surface area contributed by atoms with Gasteiger partial charge in [-0.25, -0.2) is 0 Å². The van der Waals surface area contributed by atoms with E-state index in [-0.39, 0.29) is 5.91 Å². The molecular weight excluding hydrogens is 304 g/mol. The molecule has 0 heterocycles. The zero-order valence-electron chi connectivity index (χ0n) is 14.2. The summed E-state index contributed by atoms with van der Waals surface area (Å²) in [7, 11) is 3.97. The molecule has 2 aromatic rings. The van der Waals surface area contributed by atoms with Crippen LogP contribution < -0.4 is 10.2 Å². The monoisotopic (exact) mass is 328 g/mol. The molecule has 1 N–H and O–H groups in total. The van der Waals surface area contributed by atoms with E-state index >= 15 is 0 Å². The Hall–Kier alpha value is -1.94. The van der Waals surface area contributed by atoms with Crippen LogP contribution in [0.4, 0.5) is 5.69 Å². The van der Waals surface area contributed by atoms with Gasteiger partial charge in [0, 0.05) is 42.5 Å². The summed E-state index contributed by atoms with van der Waals surface area (Å²) in [5.74, 6) is 0.848. The summed E-state index contributed by atoms with van der Waals surface area (Å²) >= 11 is 1.77. The smallest absolute Gasteiger partial charge is 0.251 e. The number of nitrogens with zero attached hydrogens (tertiary/aromatic N) is 1. The molecule has 2 rings (SSSR count). The predicted octanol–water partition coefficient (Wildman–Crippen LogP) is 3.89. The Balaban J connectivity index is 1.79. The predicted molar refractivity (Wildman–Crippen MR) is 99.7 cm³/mol. The van der Waals surface area contributed by atoms with Crippen molar-refractivity contribution in [2.75, 3.05) is 31.3 Å². The number of nitrogens with one attached hydrogen (secondary N) is 1. The van der Waals surface area contributed by atoms with Crippen molar-refractivity contribution >= 4 is 23.4 Å². The molecule has 0 radical (unpaired) electrons. The van der Waals surface area contributed by atoms with Crippen molar-refractivity contribution in [3.8, 4) is 0 Å².